The van der Waals surface area contributed by atoms with Gasteiger partial charge in [0.15, 0.2) is 0 Å². The van der Waals surface area contributed by atoms with Gasteiger partial charge in [-0.2, -0.15) is 11.8 Å². The Morgan fingerprint density at radius 3 is 2.67 bits per heavy atom. The molecule has 0 bridgehead atoms. The zero-order valence-corrected chi connectivity index (χ0v) is 13.9. The summed E-state index contributed by atoms with van der Waals surface area (Å²) in [6.07, 6.45) is 7.02. The first-order valence-corrected chi connectivity index (χ1v) is 9.38. The van der Waals surface area contributed by atoms with Gasteiger partial charge in [0.2, 0.25) is 11.8 Å². The molecule has 0 aromatic rings. The lowest BCUT2D eigenvalue weighted by Crippen LogP contribution is -2.70. The summed E-state index contributed by atoms with van der Waals surface area (Å²) in [5.74, 6) is 1.37. The number of carbonyl (C=O) groups excluding carboxylic acids is 2. The maximum absolute atomic E-state index is 13.1. The monoisotopic (exact) mass is 310 g/mol. The second-order valence-electron chi connectivity index (χ2n) is 6.71. The Bertz CT molecular complexity index is 434. The van der Waals surface area contributed by atoms with E-state index in [-0.39, 0.29) is 23.9 Å². The first-order chi connectivity index (χ1) is 10.1. The Kier molecular flexibility index (Phi) is 4.21. The number of hydrogen-bond acceptors (Lipinski definition) is 3. The van der Waals surface area contributed by atoms with Crippen LogP contribution in [-0.4, -0.2) is 45.3 Å². The van der Waals surface area contributed by atoms with E-state index in [0.717, 1.165) is 44.3 Å². The van der Waals surface area contributed by atoms with E-state index in [1.165, 1.54) is 6.42 Å². The molecule has 2 saturated carbocycles. The summed E-state index contributed by atoms with van der Waals surface area (Å²) in [6, 6.07) is -0.0424. The van der Waals surface area contributed by atoms with Gasteiger partial charge in [-0.1, -0.05) is 19.8 Å². The van der Waals surface area contributed by atoms with Crippen molar-refractivity contribution in [3.8, 4) is 0 Å². The highest BCUT2D eigenvalue weighted by Gasteiger charge is 2.53. The molecule has 1 N–H and O–H groups in total. The van der Waals surface area contributed by atoms with Gasteiger partial charge in [-0.3, -0.25) is 9.59 Å². The average molecular weight is 310 g/mol. The fourth-order valence-corrected chi connectivity index (χ4v) is 5.43. The highest BCUT2D eigenvalue weighted by molar-refractivity contribution is 7.99. The number of thioether (sulfide) groups is 1. The molecule has 1 heterocycles. The van der Waals surface area contributed by atoms with Crippen molar-refractivity contribution < 1.29 is 9.59 Å². The lowest BCUT2D eigenvalue weighted by molar-refractivity contribution is -0.156. The second kappa shape index (κ2) is 5.82. The maximum atomic E-state index is 13.1. The maximum Gasteiger partial charge on any atom is 0.249 e. The van der Waals surface area contributed by atoms with E-state index in [9.17, 15) is 9.59 Å². The third-order valence-corrected chi connectivity index (χ3v) is 6.65. The van der Waals surface area contributed by atoms with Gasteiger partial charge in [-0.15, -0.1) is 0 Å². The molecule has 21 heavy (non-hydrogen) atoms. The third-order valence-electron chi connectivity index (χ3n) is 5.41. The molecule has 3 aliphatic rings. The molecule has 3 fully saturated rings. The quantitative estimate of drug-likeness (QED) is 0.870. The molecule has 2 amide bonds. The summed E-state index contributed by atoms with van der Waals surface area (Å²) in [6.45, 7) is 4.07. The molecule has 2 aliphatic carbocycles. The van der Waals surface area contributed by atoms with Crippen molar-refractivity contribution in [3.05, 3.63) is 0 Å². The number of amides is 2. The first-order valence-electron chi connectivity index (χ1n) is 8.34. The van der Waals surface area contributed by atoms with Crippen LogP contribution in [0.15, 0.2) is 0 Å². The van der Waals surface area contributed by atoms with E-state index in [2.05, 4.69) is 12.2 Å². The lowest BCUT2D eigenvalue weighted by Gasteiger charge is -2.46. The summed E-state index contributed by atoms with van der Waals surface area (Å²) < 4.78 is 0. The van der Waals surface area contributed by atoms with Gasteiger partial charge in [0.05, 0.1) is 0 Å². The SMILES string of the molecule is CCSC1CCC(N2C(=O)C3(CCCC3)NC(=O)C2C)C1. The van der Waals surface area contributed by atoms with E-state index in [4.69, 9.17) is 0 Å². The van der Waals surface area contributed by atoms with Crippen LogP contribution in [0.3, 0.4) is 0 Å². The molecule has 0 aromatic carbocycles. The van der Waals surface area contributed by atoms with Gasteiger partial charge in [0.1, 0.15) is 11.6 Å². The minimum absolute atomic E-state index is 0.0445. The Labute approximate surface area is 131 Å². The fraction of sp³-hybridized carbons (Fsp3) is 0.875. The average Bonchev–Trinajstić information content (AvgIpc) is 3.08. The van der Waals surface area contributed by atoms with Crippen LogP contribution in [0.5, 0.6) is 0 Å². The molecule has 4 nitrogen and oxygen atoms in total. The standard InChI is InChI=1S/C16H26N2O2S/c1-3-21-13-7-6-12(10-13)18-11(2)14(19)17-16(15(18)20)8-4-5-9-16/h11-13H,3-10H2,1-2H3,(H,17,19). The smallest absolute Gasteiger partial charge is 0.249 e. The van der Waals surface area contributed by atoms with Crippen LogP contribution in [0.25, 0.3) is 0 Å². The van der Waals surface area contributed by atoms with Gasteiger partial charge >= 0.3 is 0 Å². The number of nitrogens with one attached hydrogen (secondary N) is 1. The Balaban J connectivity index is 1.79. The van der Waals surface area contributed by atoms with Gasteiger partial charge in [-0.25, -0.2) is 0 Å². The minimum Gasteiger partial charge on any atom is -0.340 e. The van der Waals surface area contributed by atoms with Crippen LogP contribution in [0, 0.1) is 0 Å². The summed E-state index contributed by atoms with van der Waals surface area (Å²) in [5.41, 5.74) is -0.570. The fourth-order valence-electron chi connectivity index (χ4n) is 4.30. The van der Waals surface area contributed by atoms with Gasteiger partial charge in [0.25, 0.3) is 0 Å². The summed E-state index contributed by atoms with van der Waals surface area (Å²) >= 11 is 2.00. The number of rotatable bonds is 3. The molecule has 1 saturated heterocycles. The van der Waals surface area contributed by atoms with Crippen molar-refractivity contribution in [2.45, 2.75) is 81.7 Å². The lowest BCUT2D eigenvalue weighted by atomic mass is 9.89. The highest BCUT2D eigenvalue weighted by Crippen LogP contribution is 2.39. The molecule has 3 unspecified atom stereocenters. The van der Waals surface area contributed by atoms with Crippen LogP contribution >= 0.6 is 11.8 Å². The second-order valence-corrected chi connectivity index (χ2v) is 8.29. The van der Waals surface area contributed by atoms with Gasteiger partial charge in [0, 0.05) is 11.3 Å². The van der Waals surface area contributed by atoms with Gasteiger partial charge < -0.3 is 10.2 Å². The van der Waals surface area contributed by atoms with Crippen molar-refractivity contribution in [3.63, 3.8) is 0 Å². The van der Waals surface area contributed by atoms with Gasteiger partial charge in [-0.05, 0) is 44.8 Å². The predicted octanol–water partition coefficient (Wildman–Crippen LogP) is 2.32. The molecular formula is C16H26N2O2S. The number of piperazine rings is 1. The van der Waals surface area contributed by atoms with Crippen LogP contribution in [-0.2, 0) is 9.59 Å². The summed E-state index contributed by atoms with van der Waals surface area (Å²) in [4.78, 5) is 27.4. The number of nitrogens with zero attached hydrogens (tertiary/aromatic N) is 1. The van der Waals surface area contributed by atoms with E-state index in [1.807, 2.05) is 23.6 Å². The molecule has 3 rings (SSSR count). The molecule has 0 aromatic heterocycles. The zero-order chi connectivity index (χ0) is 15.0. The van der Waals surface area contributed by atoms with Crippen molar-refractivity contribution in [2.75, 3.05) is 5.75 Å². The van der Waals surface area contributed by atoms with E-state index in [0.29, 0.717) is 5.25 Å². The normalized spacial score (nSPS) is 35.5. The number of carbonyl (C=O) groups is 2. The molecule has 5 heteroatoms. The molecule has 1 aliphatic heterocycles. The topological polar surface area (TPSA) is 49.4 Å². The third kappa shape index (κ3) is 2.58. The summed E-state index contributed by atoms with van der Waals surface area (Å²) in [5, 5.41) is 3.70. The van der Waals surface area contributed by atoms with Crippen molar-refractivity contribution >= 4 is 23.6 Å². The Morgan fingerprint density at radius 1 is 1.29 bits per heavy atom. The van der Waals surface area contributed by atoms with Crippen LogP contribution in [0.1, 0.15) is 58.8 Å². The predicted molar refractivity (Wildman–Crippen MR) is 85.2 cm³/mol. The molecule has 118 valence electrons. The molecule has 3 atom stereocenters. The van der Waals surface area contributed by atoms with Crippen molar-refractivity contribution in [1.82, 2.24) is 10.2 Å². The van der Waals surface area contributed by atoms with Crippen molar-refractivity contribution in [1.29, 1.82) is 0 Å². The minimum atomic E-state index is -0.570. The molecule has 0 radical (unpaired) electrons. The molecular weight excluding hydrogens is 284 g/mol. The largest absolute Gasteiger partial charge is 0.340 e. The van der Waals surface area contributed by atoms with E-state index >= 15 is 0 Å². The highest BCUT2D eigenvalue weighted by atomic mass is 32.2. The van der Waals surface area contributed by atoms with Crippen LogP contribution in [0.4, 0.5) is 0 Å². The Hall–Kier alpha value is -0.710. The van der Waals surface area contributed by atoms with Crippen LogP contribution in [0.2, 0.25) is 0 Å². The number of hydrogen-bond donors (Lipinski definition) is 1. The van der Waals surface area contributed by atoms with E-state index in [1.54, 1.807) is 0 Å². The Morgan fingerprint density at radius 2 is 2.00 bits per heavy atom. The zero-order valence-electron chi connectivity index (χ0n) is 13.1. The molecule has 1 spiro atoms. The van der Waals surface area contributed by atoms with E-state index < -0.39 is 5.54 Å². The summed E-state index contributed by atoms with van der Waals surface area (Å²) in [7, 11) is 0. The van der Waals surface area contributed by atoms with Crippen LogP contribution < -0.4 is 5.32 Å². The first kappa shape index (κ1) is 15.2. The van der Waals surface area contributed by atoms with Crippen molar-refractivity contribution in [2.24, 2.45) is 0 Å².